The number of aromatic nitrogens is 1. The third-order valence-electron chi connectivity index (χ3n) is 4.55. The van der Waals surface area contributed by atoms with Crippen molar-refractivity contribution < 1.29 is 5.11 Å². The fraction of sp³-hybridized carbons (Fsp3) is 0.136. The Morgan fingerprint density at radius 3 is 2.65 bits per heavy atom. The molecular formula is C22H21N3O. The van der Waals surface area contributed by atoms with E-state index in [0.29, 0.717) is 12.3 Å². The first-order chi connectivity index (χ1) is 12.8. The summed E-state index contributed by atoms with van der Waals surface area (Å²) in [5.74, 6) is 0.290. The number of aromatic hydroxyl groups is 1. The van der Waals surface area contributed by atoms with Gasteiger partial charge in [0.05, 0.1) is 11.2 Å². The van der Waals surface area contributed by atoms with Gasteiger partial charge in [-0.1, -0.05) is 37.3 Å². The lowest BCUT2D eigenvalue weighted by molar-refractivity contribution is 0.465. The number of nitrogens with one attached hydrogen (secondary N) is 2. The molecule has 0 atom stereocenters. The predicted molar refractivity (Wildman–Crippen MR) is 108 cm³/mol. The minimum absolute atomic E-state index is 0.290. The maximum Gasteiger partial charge on any atom is 0.122 e. The zero-order chi connectivity index (χ0) is 17.9. The van der Waals surface area contributed by atoms with E-state index < -0.39 is 0 Å². The number of phenols is 1. The molecule has 26 heavy (non-hydrogen) atoms. The molecule has 0 aliphatic carbocycles. The molecule has 1 aromatic heterocycles. The van der Waals surface area contributed by atoms with Crippen LogP contribution in [0.3, 0.4) is 0 Å². The molecule has 1 heterocycles. The second kappa shape index (κ2) is 7.02. The van der Waals surface area contributed by atoms with Crippen molar-refractivity contribution in [1.82, 2.24) is 10.3 Å². The number of rotatable bonds is 5. The van der Waals surface area contributed by atoms with Crippen LogP contribution >= 0.6 is 0 Å². The molecule has 130 valence electrons. The Labute approximate surface area is 152 Å². The van der Waals surface area contributed by atoms with Gasteiger partial charge in [-0.3, -0.25) is 4.98 Å². The summed E-state index contributed by atoms with van der Waals surface area (Å²) in [5, 5.41) is 20.4. The summed E-state index contributed by atoms with van der Waals surface area (Å²) in [6, 6.07) is 20.1. The molecule has 0 spiro atoms. The van der Waals surface area contributed by atoms with Crippen LogP contribution in [0.4, 0.5) is 11.4 Å². The monoisotopic (exact) mass is 343 g/mol. The van der Waals surface area contributed by atoms with Crippen molar-refractivity contribution in [2.24, 2.45) is 0 Å². The molecule has 0 saturated carbocycles. The number of benzene rings is 3. The van der Waals surface area contributed by atoms with Gasteiger partial charge in [0, 0.05) is 40.8 Å². The molecule has 0 aliphatic rings. The van der Waals surface area contributed by atoms with Crippen LogP contribution in [0.2, 0.25) is 0 Å². The number of pyridine rings is 1. The van der Waals surface area contributed by atoms with Gasteiger partial charge in [0.1, 0.15) is 5.75 Å². The maximum atomic E-state index is 10.3. The van der Waals surface area contributed by atoms with E-state index in [0.717, 1.165) is 45.2 Å². The molecule has 4 aromatic rings. The number of hydrogen-bond acceptors (Lipinski definition) is 4. The van der Waals surface area contributed by atoms with Gasteiger partial charge in [0.2, 0.25) is 0 Å². The lowest BCUT2D eigenvalue weighted by atomic mass is 10.0. The van der Waals surface area contributed by atoms with Crippen molar-refractivity contribution in [3.63, 3.8) is 0 Å². The van der Waals surface area contributed by atoms with Gasteiger partial charge in [-0.2, -0.15) is 0 Å². The van der Waals surface area contributed by atoms with Crippen molar-refractivity contribution in [2.45, 2.75) is 13.5 Å². The number of fused-ring (bicyclic) bond motifs is 2. The third kappa shape index (κ3) is 3.07. The molecule has 3 aromatic carbocycles. The van der Waals surface area contributed by atoms with Gasteiger partial charge in [-0.05, 0) is 36.2 Å². The molecule has 4 rings (SSSR count). The summed E-state index contributed by atoms with van der Waals surface area (Å²) in [4.78, 5) is 4.50. The zero-order valence-corrected chi connectivity index (χ0v) is 14.7. The van der Waals surface area contributed by atoms with E-state index in [1.54, 1.807) is 6.07 Å². The first-order valence-electron chi connectivity index (χ1n) is 8.82. The van der Waals surface area contributed by atoms with E-state index >= 15 is 0 Å². The van der Waals surface area contributed by atoms with Crippen molar-refractivity contribution in [2.75, 3.05) is 11.9 Å². The van der Waals surface area contributed by atoms with Crippen LogP contribution in [-0.2, 0) is 6.54 Å². The van der Waals surface area contributed by atoms with Crippen molar-refractivity contribution in [3.8, 4) is 5.75 Å². The molecular weight excluding hydrogens is 322 g/mol. The molecule has 3 N–H and O–H groups in total. The lowest BCUT2D eigenvalue weighted by Gasteiger charge is -2.14. The topological polar surface area (TPSA) is 57.2 Å². The minimum atomic E-state index is 0.290. The molecule has 0 unspecified atom stereocenters. The van der Waals surface area contributed by atoms with Crippen LogP contribution in [0, 0.1) is 0 Å². The highest BCUT2D eigenvalue weighted by molar-refractivity contribution is 6.10. The lowest BCUT2D eigenvalue weighted by Crippen LogP contribution is -2.11. The van der Waals surface area contributed by atoms with E-state index in [4.69, 9.17) is 0 Å². The number of hydrogen-bond donors (Lipinski definition) is 3. The van der Waals surface area contributed by atoms with E-state index in [9.17, 15) is 5.11 Å². The highest BCUT2D eigenvalue weighted by Crippen LogP contribution is 2.35. The third-order valence-corrected chi connectivity index (χ3v) is 4.55. The van der Waals surface area contributed by atoms with Crippen LogP contribution in [-0.4, -0.2) is 16.6 Å². The molecule has 0 fully saturated rings. The molecule has 4 nitrogen and oxygen atoms in total. The van der Waals surface area contributed by atoms with Crippen molar-refractivity contribution >= 4 is 33.1 Å². The highest BCUT2D eigenvalue weighted by atomic mass is 16.3. The molecule has 4 heteroatoms. The quantitative estimate of drug-likeness (QED) is 0.449. The van der Waals surface area contributed by atoms with Gasteiger partial charge < -0.3 is 15.7 Å². The second-order valence-electron chi connectivity index (χ2n) is 6.29. The summed E-state index contributed by atoms with van der Waals surface area (Å²) in [5.41, 5.74) is 3.69. The van der Waals surface area contributed by atoms with Crippen LogP contribution in [0.25, 0.3) is 21.7 Å². The molecule has 0 radical (unpaired) electrons. The van der Waals surface area contributed by atoms with Gasteiger partial charge in [-0.25, -0.2) is 0 Å². The van der Waals surface area contributed by atoms with Crippen LogP contribution < -0.4 is 10.6 Å². The number of anilines is 2. The average molecular weight is 343 g/mol. The van der Waals surface area contributed by atoms with Crippen molar-refractivity contribution in [1.29, 1.82) is 0 Å². The summed E-state index contributed by atoms with van der Waals surface area (Å²) < 4.78 is 0. The smallest absolute Gasteiger partial charge is 0.122 e. The Morgan fingerprint density at radius 2 is 1.81 bits per heavy atom. The first kappa shape index (κ1) is 16.4. The zero-order valence-electron chi connectivity index (χ0n) is 14.7. The van der Waals surface area contributed by atoms with Gasteiger partial charge in [-0.15, -0.1) is 0 Å². The molecule has 0 aliphatic heterocycles. The van der Waals surface area contributed by atoms with E-state index in [1.165, 1.54) is 0 Å². The molecule has 0 bridgehead atoms. The Morgan fingerprint density at radius 1 is 0.962 bits per heavy atom. The molecule has 0 amide bonds. The summed E-state index contributed by atoms with van der Waals surface area (Å²) >= 11 is 0. The van der Waals surface area contributed by atoms with Gasteiger partial charge >= 0.3 is 0 Å². The Bertz CT molecular complexity index is 1020. The average Bonchev–Trinajstić information content (AvgIpc) is 2.67. The Hall–Kier alpha value is -3.11. The summed E-state index contributed by atoms with van der Waals surface area (Å²) in [6.45, 7) is 3.57. The second-order valence-corrected chi connectivity index (χ2v) is 6.29. The largest absolute Gasteiger partial charge is 0.508 e. The standard InChI is InChI=1S/C22H21N3O/c1-2-23-14-16-9-10-17(13-21(16)26)25-22-18-7-4-3-6-15(18)12-20-19(22)8-5-11-24-20/h3-13,23,25-26H,2,14H2,1H3. The minimum Gasteiger partial charge on any atom is -0.508 e. The summed E-state index contributed by atoms with van der Waals surface area (Å²) in [6.07, 6.45) is 1.81. The maximum absolute atomic E-state index is 10.3. The van der Waals surface area contributed by atoms with Gasteiger partial charge in [0.25, 0.3) is 0 Å². The predicted octanol–water partition coefficient (Wildman–Crippen LogP) is 4.95. The van der Waals surface area contributed by atoms with E-state index in [2.05, 4.69) is 39.9 Å². The van der Waals surface area contributed by atoms with E-state index in [1.807, 2.05) is 43.5 Å². The fourth-order valence-electron chi connectivity index (χ4n) is 3.22. The number of nitrogens with zero attached hydrogens (tertiary/aromatic N) is 1. The van der Waals surface area contributed by atoms with Crippen molar-refractivity contribution in [3.05, 3.63) is 72.4 Å². The first-order valence-corrected chi connectivity index (χ1v) is 8.82. The van der Waals surface area contributed by atoms with Crippen LogP contribution in [0.1, 0.15) is 12.5 Å². The molecule has 0 saturated heterocycles. The normalized spacial score (nSPS) is 11.1. The van der Waals surface area contributed by atoms with E-state index in [-0.39, 0.29) is 0 Å². The summed E-state index contributed by atoms with van der Waals surface area (Å²) in [7, 11) is 0. The van der Waals surface area contributed by atoms with Crippen LogP contribution in [0.15, 0.2) is 66.9 Å². The van der Waals surface area contributed by atoms with Gasteiger partial charge in [0.15, 0.2) is 0 Å². The Balaban J connectivity index is 1.80. The SMILES string of the molecule is CCNCc1ccc(Nc2c3ccccc3cc3ncccc23)cc1O. The fourth-order valence-corrected chi connectivity index (χ4v) is 3.22. The van der Waals surface area contributed by atoms with Crippen LogP contribution in [0.5, 0.6) is 5.75 Å². The Kier molecular flexibility index (Phi) is 4.42. The highest BCUT2D eigenvalue weighted by Gasteiger charge is 2.09. The number of phenolic OH excluding ortho intramolecular Hbond substituents is 1.